The first-order chi connectivity index (χ1) is 9.54. The van der Waals surface area contributed by atoms with Crippen molar-refractivity contribution in [3.63, 3.8) is 0 Å². The summed E-state index contributed by atoms with van der Waals surface area (Å²) >= 11 is 1.78. The molecule has 0 aliphatic rings. The maximum absolute atomic E-state index is 3.53. The summed E-state index contributed by atoms with van der Waals surface area (Å²) in [5, 5.41) is 8.52. The lowest BCUT2D eigenvalue weighted by Gasteiger charge is -2.17. The van der Waals surface area contributed by atoms with Gasteiger partial charge in [-0.15, -0.1) is 11.3 Å². The molecule has 0 saturated carbocycles. The van der Waals surface area contributed by atoms with Gasteiger partial charge in [0, 0.05) is 21.2 Å². The second kappa shape index (κ2) is 5.07. The second-order valence-corrected chi connectivity index (χ2v) is 12.1. The van der Waals surface area contributed by atoms with Crippen LogP contribution in [0.2, 0.25) is 19.6 Å². The number of anilines is 2. The number of thiophene rings is 1. The van der Waals surface area contributed by atoms with Gasteiger partial charge in [-0.3, -0.25) is 0 Å². The first-order valence-electron chi connectivity index (χ1n) is 6.88. The molecule has 0 aliphatic carbocycles. The van der Waals surface area contributed by atoms with E-state index in [1.165, 1.54) is 21.0 Å². The van der Waals surface area contributed by atoms with Gasteiger partial charge >= 0.3 is 0 Å². The normalized spacial score (nSPS) is 11.8. The summed E-state index contributed by atoms with van der Waals surface area (Å²) in [6.45, 7) is 7.13. The van der Waals surface area contributed by atoms with Gasteiger partial charge in [0.2, 0.25) is 0 Å². The van der Waals surface area contributed by atoms with Crippen molar-refractivity contribution >= 4 is 46.1 Å². The van der Waals surface area contributed by atoms with E-state index in [4.69, 9.17) is 0 Å². The van der Waals surface area contributed by atoms with Crippen LogP contribution in [0.15, 0.2) is 53.9 Å². The molecule has 102 valence electrons. The van der Waals surface area contributed by atoms with E-state index in [1.54, 1.807) is 11.3 Å². The summed E-state index contributed by atoms with van der Waals surface area (Å²) in [4.78, 5) is 0. The van der Waals surface area contributed by atoms with E-state index in [2.05, 4.69) is 78.9 Å². The molecule has 3 rings (SSSR count). The van der Waals surface area contributed by atoms with Gasteiger partial charge in [0.1, 0.15) is 0 Å². The van der Waals surface area contributed by atoms with Crippen molar-refractivity contribution in [1.82, 2.24) is 0 Å². The number of hydrogen-bond acceptors (Lipinski definition) is 2. The predicted molar refractivity (Wildman–Crippen MR) is 94.5 cm³/mol. The first kappa shape index (κ1) is 13.4. The minimum atomic E-state index is -1.20. The molecule has 3 aromatic rings. The molecule has 1 aromatic heterocycles. The maximum Gasteiger partial charge on any atom is 0.0775 e. The van der Waals surface area contributed by atoms with Crippen LogP contribution in [-0.2, 0) is 0 Å². The average molecular weight is 297 g/mol. The monoisotopic (exact) mass is 297 g/mol. The summed E-state index contributed by atoms with van der Waals surface area (Å²) in [5.41, 5.74) is 2.36. The van der Waals surface area contributed by atoms with Crippen LogP contribution in [0.5, 0.6) is 0 Å². The average Bonchev–Trinajstić information content (AvgIpc) is 2.82. The minimum absolute atomic E-state index is 1.16. The van der Waals surface area contributed by atoms with E-state index in [0.717, 1.165) is 5.69 Å². The van der Waals surface area contributed by atoms with Crippen LogP contribution in [0.4, 0.5) is 11.4 Å². The van der Waals surface area contributed by atoms with E-state index in [1.807, 2.05) is 0 Å². The quantitative estimate of drug-likeness (QED) is 0.656. The van der Waals surface area contributed by atoms with Gasteiger partial charge in [-0.25, -0.2) is 0 Å². The molecule has 1 N–H and O–H groups in total. The molecular weight excluding hydrogens is 278 g/mol. The third-order valence-corrected chi connectivity index (χ3v) is 6.54. The topological polar surface area (TPSA) is 12.0 Å². The Hall–Kier alpha value is -1.58. The molecule has 0 atom stereocenters. The summed E-state index contributed by atoms with van der Waals surface area (Å²) < 4.78 is 1.33. The second-order valence-electron chi connectivity index (χ2n) is 6.10. The van der Waals surface area contributed by atoms with Gasteiger partial charge in [-0.2, -0.15) is 0 Å². The Morgan fingerprint density at radius 1 is 0.900 bits per heavy atom. The predicted octanol–water partition coefficient (Wildman–Crippen LogP) is 5.19. The van der Waals surface area contributed by atoms with Gasteiger partial charge in [-0.1, -0.05) is 55.2 Å². The highest BCUT2D eigenvalue weighted by Gasteiger charge is 2.15. The zero-order valence-corrected chi connectivity index (χ0v) is 13.9. The van der Waals surface area contributed by atoms with E-state index in [9.17, 15) is 0 Å². The van der Waals surface area contributed by atoms with Gasteiger partial charge < -0.3 is 5.32 Å². The highest BCUT2D eigenvalue weighted by Crippen LogP contribution is 2.31. The Morgan fingerprint density at radius 2 is 1.60 bits per heavy atom. The molecule has 3 heteroatoms. The zero-order valence-electron chi connectivity index (χ0n) is 12.1. The molecule has 0 aliphatic heterocycles. The van der Waals surface area contributed by atoms with Crippen LogP contribution in [-0.4, -0.2) is 8.07 Å². The third-order valence-electron chi connectivity index (χ3n) is 3.51. The van der Waals surface area contributed by atoms with Crippen molar-refractivity contribution in [2.24, 2.45) is 0 Å². The number of fused-ring (bicyclic) bond motifs is 1. The molecule has 0 fully saturated rings. The Morgan fingerprint density at radius 3 is 2.30 bits per heavy atom. The summed E-state index contributed by atoms with van der Waals surface area (Å²) in [7, 11) is -1.20. The highest BCUT2D eigenvalue weighted by atomic mass is 32.1. The van der Waals surface area contributed by atoms with Crippen molar-refractivity contribution in [1.29, 1.82) is 0 Å². The fourth-order valence-corrected chi connectivity index (χ4v) is 4.34. The molecule has 0 radical (unpaired) electrons. The number of hydrogen-bond donors (Lipinski definition) is 1. The molecule has 0 amide bonds. The van der Waals surface area contributed by atoms with E-state index in [0.29, 0.717) is 0 Å². The van der Waals surface area contributed by atoms with Crippen LogP contribution in [0.3, 0.4) is 0 Å². The van der Waals surface area contributed by atoms with Crippen molar-refractivity contribution in [3.05, 3.63) is 53.9 Å². The van der Waals surface area contributed by atoms with Gasteiger partial charge in [-0.05, 0) is 18.2 Å². The fraction of sp³-hybridized carbons (Fsp3) is 0.176. The van der Waals surface area contributed by atoms with Crippen molar-refractivity contribution < 1.29 is 0 Å². The van der Waals surface area contributed by atoms with Crippen LogP contribution < -0.4 is 10.5 Å². The lowest BCUT2D eigenvalue weighted by Crippen LogP contribution is -2.37. The Kier molecular flexibility index (Phi) is 3.40. The Labute approximate surface area is 125 Å². The number of benzene rings is 2. The standard InChI is InChI=1S/C17H19NSSi/c1-20(2,3)14-10-8-13(9-11-14)18-16-12-19-17-7-5-4-6-15(16)17/h4-12,18H,1-3H3. The minimum Gasteiger partial charge on any atom is -0.354 e. The molecular formula is C17H19NSSi. The Balaban J connectivity index is 1.88. The summed E-state index contributed by atoms with van der Waals surface area (Å²) in [5.74, 6) is 0. The maximum atomic E-state index is 3.53. The van der Waals surface area contributed by atoms with Crippen molar-refractivity contribution in [2.75, 3.05) is 5.32 Å². The zero-order chi connectivity index (χ0) is 14.2. The smallest absolute Gasteiger partial charge is 0.0775 e. The van der Waals surface area contributed by atoms with Crippen LogP contribution in [0.1, 0.15) is 0 Å². The molecule has 0 saturated heterocycles. The van der Waals surface area contributed by atoms with Crippen molar-refractivity contribution in [2.45, 2.75) is 19.6 Å². The third kappa shape index (κ3) is 2.64. The van der Waals surface area contributed by atoms with E-state index in [-0.39, 0.29) is 0 Å². The van der Waals surface area contributed by atoms with Crippen LogP contribution in [0, 0.1) is 0 Å². The Bertz CT molecular complexity index is 723. The van der Waals surface area contributed by atoms with Gasteiger partial charge in [0.15, 0.2) is 0 Å². The van der Waals surface area contributed by atoms with E-state index >= 15 is 0 Å². The molecule has 20 heavy (non-hydrogen) atoms. The SMILES string of the molecule is C[Si](C)(C)c1ccc(Nc2csc3ccccc23)cc1. The van der Waals surface area contributed by atoms with Gasteiger partial charge in [0.05, 0.1) is 13.8 Å². The fourth-order valence-electron chi connectivity index (χ4n) is 2.28. The van der Waals surface area contributed by atoms with E-state index < -0.39 is 8.07 Å². The molecule has 1 nitrogen and oxygen atoms in total. The van der Waals surface area contributed by atoms with Crippen LogP contribution in [0.25, 0.3) is 10.1 Å². The van der Waals surface area contributed by atoms with Gasteiger partial charge in [0.25, 0.3) is 0 Å². The molecule has 0 bridgehead atoms. The lowest BCUT2D eigenvalue weighted by molar-refractivity contribution is 1.60. The largest absolute Gasteiger partial charge is 0.354 e. The first-order valence-corrected chi connectivity index (χ1v) is 11.3. The molecule has 2 aromatic carbocycles. The molecule has 1 heterocycles. The summed E-state index contributed by atoms with van der Waals surface area (Å²) in [6.07, 6.45) is 0. The number of nitrogens with one attached hydrogen (secondary N) is 1. The van der Waals surface area contributed by atoms with Crippen molar-refractivity contribution in [3.8, 4) is 0 Å². The van der Waals surface area contributed by atoms with Crippen LogP contribution >= 0.6 is 11.3 Å². The molecule has 0 spiro atoms. The lowest BCUT2D eigenvalue weighted by atomic mass is 10.2. The highest BCUT2D eigenvalue weighted by molar-refractivity contribution is 7.17. The number of rotatable bonds is 3. The summed E-state index contributed by atoms with van der Waals surface area (Å²) in [6, 6.07) is 17.4. The molecule has 0 unspecified atom stereocenters.